The number of halogens is 3. The molecule has 0 aliphatic heterocycles. The van der Waals surface area contributed by atoms with Gasteiger partial charge in [0, 0.05) is 0 Å². The molecule has 0 spiro atoms. The molecule has 0 amide bonds. The first-order valence-electron chi connectivity index (χ1n) is 8.23. The molecule has 0 bridgehead atoms. The molecule has 0 saturated carbocycles. The monoisotopic (exact) mass is 436 g/mol. The predicted molar refractivity (Wildman–Crippen MR) is 92.4 cm³/mol. The number of hydrogen-bond acceptors (Lipinski definition) is 0. The third-order valence-electron chi connectivity index (χ3n) is 4.45. The number of aryl methyl sites for hydroxylation is 2. The van der Waals surface area contributed by atoms with Crippen LogP contribution in [-0.4, -0.2) is 8.80 Å². The van der Waals surface area contributed by atoms with Gasteiger partial charge in [-0.15, -0.1) is 0 Å². The zero-order chi connectivity index (χ0) is 15.4. The Morgan fingerprint density at radius 2 is 1.54 bits per heavy atom. The van der Waals surface area contributed by atoms with Gasteiger partial charge >= 0.3 is 144 Å². The van der Waals surface area contributed by atoms with E-state index in [1.165, 1.54) is 42.9 Å². The number of benzene rings is 1. The van der Waals surface area contributed by atoms with Crippen LogP contribution in [0.15, 0.2) is 38.9 Å². The molecule has 0 N–H and O–H groups in total. The molecule has 132 valence electrons. The molecule has 1 aliphatic rings. The van der Waals surface area contributed by atoms with Crippen molar-refractivity contribution < 1.29 is 57.7 Å². The summed E-state index contributed by atoms with van der Waals surface area (Å²) in [6.45, 7) is 9.12. The fourth-order valence-corrected chi connectivity index (χ4v) is 8.56. The van der Waals surface area contributed by atoms with E-state index >= 15 is 0 Å². The van der Waals surface area contributed by atoms with E-state index in [9.17, 15) is 0 Å². The zero-order valence-corrected chi connectivity index (χ0v) is 20.0. The quantitative estimate of drug-likeness (QED) is 0.312. The van der Waals surface area contributed by atoms with E-state index in [4.69, 9.17) is 0 Å². The van der Waals surface area contributed by atoms with Gasteiger partial charge in [0.25, 0.3) is 0 Å². The van der Waals surface area contributed by atoms with Gasteiger partial charge in [-0.3, -0.25) is 0 Å². The van der Waals surface area contributed by atoms with Gasteiger partial charge in [0.2, 0.25) is 0 Å². The normalized spacial score (nSPS) is 14.3. The molecule has 0 fully saturated rings. The minimum absolute atomic E-state index is 0. The molecule has 5 heteroatoms. The average molecular weight is 438 g/mol. The maximum absolute atomic E-state index is 2.46. The van der Waals surface area contributed by atoms with Crippen LogP contribution in [0, 0.1) is 13.8 Å². The molecule has 0 saturated heterocycles. The van der Waals surface area contributed by atoms with Crippen molar-refractivity contribution in [3.8, 4) is 0 Å². The van der Waals surface area contributed by atoms with Crippen molar-refractivity contribution in [2.45, 2.75) is 59.4 Å². The topological polar surface area (TPSA) is 0 Å². The first-order chi connectivity index (χ1) is 10.0. The Bertz CT molecular complexity index is 562. The largest absolute Gasteiger partial charge is 1.00 e. The summed E-state index contributed by atoms with van der Waals surface area (Å²) in [5, 5.41) is 3.42. The molecule has 1 aromatic rings. The van der Waals surface area contributed by atoms with Crippen LogP contribution >= 0.6 is 0 Å². The van der Waals surface area contributed by atoms with Gasteiger partial charge in [-0.05, 0) is 0 Å². The van der Waals surface area contributed by atoms with Gasteiger partial charge in [0.15, 0.2) is 0 Å². The Kier molecular flexibility index (Phi) is 14.2. The average Bonchev–Trinajstić information content (AvgIpc) is 2.74. The minimum Gasteiger partial charge on any atom is -1.00 e. The summed E-state index contributed by atoms with van der Waals surface area (Å²) in [6.07, 6.45) is 7.71. The molecule has 1 unspecified atom stereocenters. The van der Waals surface area contributed by atoms with Crippen LogP contribution in [0.2, 0.25) is 6.04 Å². The Labute approximate surface area is 180 Å². The molecule has 24 heavy (non-hydrogen) atoms. The summed E-state index contributed by atoms with van der Waals surface area (Å²) in [4.78, 5) is 0. The second-order valence-corrected chi connectivity index (χ2v) is 10.3. The first-order valence-corrected chi connectivity index (χ1v) is 11.0. The van der Waals surface area contributed by atoms with E-state index in [0.717, 1.165) is 0 Å². The van der Waals surface area contributed by atoms with Crippen molar-refractivity contribution in [1.29, 1.82) is 0 Å². The van der Waals surface area contributed by atoms with Crippen molar-refractivity contribution >= 4 is 14.0 Å². The molecular formula is C19H27Cl3SiTi. The van der Waals surface area contributed by atoms with E-state index in [2.05, 4.69) is 72.4 Å². The molecule has 1 aliphatic carbocycles. The molecular weight excluding hydrogens is 411 g/mol. The second-order valence-electron chi connectivity index (χ2n) is 6.45. The van der Waals surface area contributed by atoms with Crippen LogP contribution in [0.3, 0.4) is 0 Å². The smallest absolute Gasteiger partial charge is 1.00 e. The number of rotatable bonds is 6. The number of hydrogen-bond donors (Lipinski definition) is 0. The van der Waals surface area contributed by atoms with E-state index in [1.807, 2.05) is 0 Å². The van der Waals surface area contributed by atoms with E-state index in [-0.39, 0.29) is 37.2 Å². The van der Waals surface area contributed by atoms with Crippen LogP contribution in [0.25, 0.3) is 0 Å². The van der Waals surface area contributed by atoms with Gasteiger partial charge in [-0.1, -0.05) is 0 Å². The molecule has 2 rings (SSSR count). The van der Waals surface area contributed by atoms with E-state index < -0.39 is 8.80 Å². The van der Waals surface area contributed by atoms with Crippen molar-refractivity contribution in [3.63, 3.8) is 0 Å². The Hall–Kier alpha value is 0.501. The molecule has 0 aromatic heterocycles. The van der Waals surface area contributed by atoms with Gasteiger partial charge < -0.3 is 37.2 Å². The fraction of sp³-hybridized carbons (Fsp3) is 0.474. The fourth-order valence-electron chi connectivity index (χ4n) is 3.49. The number of unbranched alkanes of at least 4 members (excludes halogenated alkanes) is 2. The second kappa shape index (κ2) is 12.8. The van der Waals surface area contributed by atoms with Crippen molar-refractivity contribution in [1.82, 2.24) is 0 Å². The summed E-state index contributed by atoms with van der Waals surface area (Å²) in [6, 6.07) is 8.65. The van der Waals surface area contributed by atoms with Gasteiger partial charge in [-0.25, -0.2) is 0 Å². The molecule has 1 atom stereocenters. The van der Waals surface area contributed by atoms with E-state index in [0.29, 0.717) is 0 Å². The zero-order valence-electron chi connectivity index (χ0n) is 15.1. The van der Waals surface area contributed by atoms with Crippen LogP contribution in [0.5, 0.6) is 0 Å². The SMILES string of the molecule is CCCCC[SiH](C1=[C]([Ti+3])CC=C1C)c1cc(C)cc(C)c1.[Cl-].[Cl-].[Cl-]. The minimum atomic E-state index is -1.04. The maximum atomic E-state index is 2.46. The third kappa shape index (κ3) is 7.02. The number of allylic oxidation sites excluding steroid dienone is 4. The van der Waals surface area contributed by atoms with Crippen molar-refractivity contribution in [3.05, 3.63) is 50.0 Å². The summed E-state index contributed by atoms with van der Waals surface area (Å²) in [5.74, 6) is 0. The van der Waals surface area contributed by atoms with Crippen LogP contribution in [-0.2, 0) is 20.4 Å². The van der Waals surface area contributed by atoms with Crippen molar-refractivity contribution in [2.75, 3.05) is 0 Å². The van der Waals surface area contributed by atoms with E-state index in [1.54, 1.807) is 19.8 Å². The van der Waals surface area contributed by atoms with Crippen LogP contribution < -0.4 is 42.4 Å². The maximum Gasteiger partial charge on any atom is -1.00 e. The van der Waals surface area contributed by atoms with Crippen molar-refractivity contribution in [2.24, 2.45) is 0 Å². The Morgan fingerprint density at radius 3 is 2.00 bits per heavy atom. The molecule has 0 nitrogen and oxygen atoms in total. The van der Waals surface area contributed by atoms with Gasteiger partial charge in [0.1, 0.15) is 0 Å². The summed E-state index contributed by atoms with van der Waals surface area (Å²) in [7, 11) is -1.04. The molecule has 0 radical (unpaired) electrons. The summed E-state index contributed by atoms with van der Waals surface area (Å²) in [5.41, 5.74) is 4.42. The molecule has 1 aromatic carbocycles. The molecule has 0 heterocycles. The standard InChI is InChI=1S/C19H27Si.3ClH.Ti/c1-5-6-7-11-20(19-10-8-9-17(19)4)18-13-15(2)12-16(3)14-18;;;;/h9,12-14,20H,5-8,11H2,1-4H3;3*1H;/q;;;;+3/p-3. The van der Waals surface area contributed by atoms with Gasteiger partial charge in [0.05, 0.1) is 0 Å². The Morgan fingerprint density at radius 1 is 0.958 bits per heavy atom. The summed E-state index contributed by atoms with van der Waals surface area (Å²) >= 11 is 2.35. The van der Waals surface area contributed by atoms with Crippen LogP contribution in [0.1, 0.15) is 50.7 Å². The Balaban J connectivity index is 0. The van der Waals surface area contributed by atoms with Crippen LogP contribution in [0.4, 0.5) is 0 Å². The van der Waals surface area contributed by atoms with Gasteiger partial charge in [-0.2, -0.15) is 0 Å². The third-order valence-corrected chi connectivity index (χ3v) is 9.27. The first kappa shape index (κ1) is 26.7. The predicted octanol–water partition coefficient (Wildman–Crippen LogP) is -4.37. The summed E-state index contributed by atoms with van der Waals surface area (Å²) < 4.78 is 1.64.